The van der Waals surface area contributed by atoms with Crippen LogP contribution in [0.4, 0.5) is 0 Å². The summed E-state index contributed by atoms with van der Waals surface area (Å²) < 4.78 is -1.56. The van der Waals surface area contributed by atoms with Crippen molar-refractivity contribution in [2.45, 2.75) is 51.9 Å². The van der Waals surface area contributed by atoms with Gasteiger partial charge in [0.1, 0.15) is 0 Å². The van der Waals surface area contributed by atoms with E-state index in [1.165, 1.54) is 0 Å². The molecule has 0 aromatic heterocycles. The predicted molar refractivity (Wildman–Crippen MR) is 79.0 cm³/mol. The Morgan fingerprint density at radius 3 is 1.00 bits per heavy atom. The molecule has 0 bridgehead atoms. The van der Waals surface area contributed by atoms with Crippen molar-refractivity contribution >= 4 is 56.9 Å². The normalized spacial score (nSPS) is 15.2. The van der Waals surface area contributed by atoms with Gasteiger partial charge in [0.05, 0.1) is 0 Å². The molecule has 0 aromatic rings. The second-order valence-electron chi connectivity index (χ2n) is 5.14. The van der Waals surface area contributed by atoms with Gasteiger partial charge in [0, 0.05) is 0 Å². The average molecular weight is 413 g/mol. The smallest absolute Gasteiger partial charge is 0.0911 e. The number of rotatable bonds is 1. The number of halogens is 3. The summed E-state index contributed by atoms with van der Waals surface area (Å²) in [4.78, 5) is 0. The van der Waals surface area contributed by atoms with Crippen LogP contribution in [0.15, 0.2) is 0 Å². The molecule has 5 heteroatoms. The van der Waals surface area contributed by atoms with Crippen molar-refractivity contribution in [2.24, 2.45) is 0 Å². The Balaban J connectivity index is 5.02. The van der Waals surface area contributed by atoms with Crippen molar-refractivity contribution in [2.75, 3.05) is 0 Å². The van der Waals surface area contributed by atoms with Gasteiger partial charge >= 0.3 is 0 Å². The minimum Gasteiger partial charge on any atom is -0.0911 e. The SMILES string of the molecule is CC(C)(C)P(C(C)(C)C)[Si](Br)(Br)Br. The van der Waals surface area contributed by atoms with Crippen LogP contribution in [0.25, 0.3) is 0 Å². The molecule has 0 aliphatic rings. The molecular formula is C8H18Br3PSi. The average Bonchev–Trinajstić information content (AvgIpc) is 1.44. The lowest BCUT2D eigenvalue weighted by Crippen LogP contribution is -2.33. The van der Waals surface area contributed by atoms with Gasteiger partial charge in [0.25, 0.3) is 3.60 Å². The Morgan fingerprint density at radius 1 is 0.769 bits per heavy atom. The van der Waals surface area contributed by atoms with Crippen molar-refractivity contribution in [1.29, 1.82) is 0 Å². The van der Waals surface area contributed by atoms with Gasteiger partial charge in [0.15, 0.2) is 0 Å². The molecule has 0 aliphatic carbocycles. The van der Waals surface area contributed by atoms with E-state index in [1.807, 2.05) is 0 Å². The molecule has 0 aliphatic heterocycles. The Kier molecular flexibility index (Phi) is 5.25. The van der Waals surface area contributed by atoms with E-state index in [0.717, 1.165) is 0 Å². The highest BCUT2D eigenvalue weighted by Crippen LogP contribution is 2.71. The van der Waals surface area contributed by atoms with Crippen LogP contribution in [0.3, 0.4) is 0 Å². The first-order chi connectivity index (χ1) is 5.37. The fourth-order valence-electron chi connectivity index (χ4n) is 1.77. The Bertz CT molecular complexity index is 142. The maximum absolute atomic E-state index is 3.82. The van der Waals surface area contributed by atoms with Crippen LogP contribution >= 0.6 is 53.3 Å². The fraction of sp³-hybridized carbons (Fsp3) is 1.00. The van der Waals surface area contributed by atoms with E-state index in [9.17, 15) is 0 Å². The third-order valence-corrected chi connectivity index (χ3v) is 19.9. The fourth-order valence-corrected chi connectivity index (χ4v) is 38.6. The molecule has 0 aromatic carbocycles. The van der Waals surface area contributed by atoms with Gasteiger partial charge in [0.2, 0.25) is 0 Å². The molecule has 0 atom stereocenters. The molecule has 0 amide bonds. The third kappa shape index (κ3) is 5.10. The van der Waals surface area contributed by atoms with E-state index in [0.29, 0.717) is 10.3 Å². The first kappa shape index (κ1) is 15.1. The maximum Gasteiger partial charge on any atom is 0.292 e. The van der Waals surface area contributed by atoms with Crippen LogP contribution in [0.1, 0.15) is 41.5 Å². The van der Waals surface area contributed by atoms with Crippen LogP contribution in [-0.2, 0) is 0 Å². The second-order valence-corrected chi connectivity index (χ2v) is 38.6. The van der Waals surface area contributed by atoms with Gasteiger partial charge in [-0.3, -0.25) is 0 Å². The topological polar surface area (TPSA) is 0 Å². The molecule has 0 fully saturated rings. The first-order valence-corrected chi connectivity index (χ1v) is 15.2. The molecule has 0 rings (SSSR count). The lowest BCUT2D eigenvalue weighted by molar-refractivity contribution is 0.719. The Morgan fingerprint density at radius 2 is 1.00 bits per heavy atom. The van der Waals surface area contributed by atoms with E-state index in [1.54, 1.807) is 0 Å². The van der Waals surface area contributed by atoms with Crippen molar-refractivity contribution in [1.82, 2.24) is 0 Å². The molecule has 0 spiro atoms. The lowest BCUT2D eigenvalue weighted by Gasteiger charge is -2.45. The summed E-state index contributed by atoms with van der Waals surface area (Å²) in [7, 11) is -0.0949. The van der Waals surface area contributed by atoms with E-state index >= 15 is 0 Å². The van der Waals surface area contributed by atoms with E-state index in [4.69, 9.17) is 0 Å². The highest BCUT2D eigenvalue weighted by atomic mass is 80.0. The van der Waals surface area contributed by atoms with Crippen molar-refractivity contribution < 1.29 is 0 Å². The third-order valence-electron chi connectivity index (χ3n) is 1.60. The number of hydrogen-bond acceptors (Lipinski definition) is 0. The summed E-state index contributed by atoms with van der Waals surface area (Å²) in [5.41, 5.74) is 0. The molecule has 0 N–H and O–H groups in total. The summed E-state index contributed by atoms with van der Waals surface area (Å²) in [5, 5.41) is 0.743. The second kappa shape index (κ2) is 4.53. The van der Waals surface area contributed by atoms with E-state index in [-0.39, 0.29) is 7.47 Å². The highest BCUT2D eigenvalue weighted by Gasteiger charge is 2.47. The summed E-state index contributed by atoms with van der Waals surface area (Å²) in [6.07, 6.45) is 0. The largest absolute Gasteiger partial charge is 0.292 e. The van der Waals surface area contributed by atoms with Gasteiger partial charge < -0.3 is 0 Å². The standard InChI is InChI=1S/C8H18Br3PSi/c1-7(2,3)12(8(4,5)6)13(9,10)11/h1-6H3. The quantitative estimate of drug-likeness (QED) is 0.295. The van der Waals surface area contributed by atoms with Crippen LogP contribution in [0.2, 0.25) is 0 Å². The van der Waals surface area contributed by atoms with Crippen LogP contribution < -0.4 is 0 Å². The van der Waals surface area contributed by atoms with Gasteiger partial charge in [-0.05, 0) is 10.3 Å². The van der Waals surface area contributed by atoms with E-state index < -0.39 is 3.60 Å². The molecule has 0 radical (unpaired) electrons. The zero-order valence-corrected chi connectivity index (χ0v) is 15.7. The Labute approximate surface area is 108 Å². The van der Waals surface area contributed by atoms with Crippen LogP contribution in [0.5, 0.6) is 0 Å². The first-order valence-electron chi connectivity index (χ1n) is 4.24. The molecule has 0 saturated carbocycles. The summed E-state index contributed by atoms with van der Waals surface area (Å²) in [5.74, 6) is 0. The van der Waals surface area contributed by atoms with Crippen LogP contribution in [-0.4, -0.2) is 13.9 Å². The zero-order valence-electron chi connectivity index (χ0n) is 9.08. The number of hydrogen-bond donors (Lipinski definition) is 0. The maximum atomic E-state index is 3.82. The van der Waals surface area contributed by atoms with Crippen molar-refractivity contribution in [3.63, 3.8) is 0 Å². The molecule has 80 valence electrons. The van der Waals surface area contributed by atoms with Crippen molar-refractivity contribution in [3.8, 4) is 0 Å². The molecule has 0 saturated heterocycles. The van der Waals surface area contributed by atoms with Crippen molar-refractivity contribution in [3.05, 3.63) is 0 Å². The molecule has 0 unspecified atom stereocenters. The lowest BCUT2D eigenvalue weighted by atomic mass is 10.2. The monoisotopic (exact) mass is 410 g/mol. The summed E-state index contributed by atoms with van der Waals surface area (Å²) >= 11 is 11.5. The molecule has 0 heterocycles. The molecular weight excluding hydrogens is 395 g/mol. The highest BCUT2D eigenvalue weighted by molar-refractivity contribution is 9.76. The summed E-state index contributed by atoms with van der Waals surface area (Å²) in [6.45, 7) is 14.0. The predicted octanol–water partition coefficient (Wildman–Crippen LogP) is 5.69. The van der Waals surface area contributed by atoms with Gasteiger partial charge in [-0.15, -0.1) is 0 Å². The zero-order chi connectivity index (χ0) is 11.1. The van der Waals surface area contributed by atoms with Gasteiger partial charge in [-0.2, -0.15) is 0 Å². The molecule has 0 nitrogen and oxygen atoms in total. The minimum absolute atomic E-state index is 0.0949. The summed E-state index contributed by atoms with van der Waals surface area (Å²) in [6, 6.07) is 0. The molecule has 13 heavy (non-hydrogen) atoms. The van der Waals surface area contributed by atoms with Gasteiger partial charge in [-0.1, -0.05) is 94.9 Å². The van der Waals surface area contributed by atoms with Gasteiger partial charge in [-0.25, -0.2) is 0 Å². The van der Waals surface area contributed by atoms with Crippen LogP contribution in [0, 0.1) is 0 Å². The van der Waals surface area contributed by atoms with E-state index in [2.05, 4.69) is 87.4 Å². The Hall–Kier alpha value is 2.09. The minimum atomic E-state index is -1.56.